The summed E-state index contributed by atoms with van der Waals surface area (Å²) in [6.45, 7) is 8.19. The molecule has 2 aromatic heterocycles. The van der Waals surface area contributed by atoms with Crippen LogP contribution < -0.4 is 4.90 Å². The zero-order chi connectivity index (χ0) is 18.4. The van der Waals surface area contributed by atoms with Gasteiger partial charge in [0.1, 0.15) is 21.9 Å². The van der Waals surface area contributed by atoms with E-state index in [1.165, 1.54) is 0 Å². The van der Waals surface area contributed by atoms with E-state index in [4.69, 9.17) is 33.3 Å². The minimum absolute atomic E-state index is 0.196. The average molecular weight is 394 g/mol. The van der Waals surface area contributed by atoms with Crippen LogP contribution in [0.25, 0.3) is 0 Å². The van der Waals surface area contributed by atoms with Crippen LogP contribution in [0.5, 0.6) is 0 Å². The van der Waals surface area contributed by atoms with Gasteiger partial charge in [-0.3, -0.25) is 4.68 Å². The maximum absolute atomic E-state index is 6.74. The van der Waals surface area contributed by atoms with Crippen molar-refractivity contribution in [2.24, 2.45) is 5.92 Å². The van der Waals surface area contributed by atoms with Crippen molar-refractivity contribution in [1.82, 2.24) is 19.7 Å². The van der Waals surface area contributed by atoms with Gasteiger partial charge in [-0.05, 0) is 38.5 Å². The molecule has 3 heterocycles. The van der Waals surface area contributed by atoms with Gasteiger partial charge < -0.3 is 4.90 Å². The molecule has 0 bridgehead atoms. The molecule has 2 aromatic rings. The third-order valence-corrected chi connectivity index (χ3v) is 5.76. The van der Waals surface area contributed by atoms with E-state index in [2.05, 4.69) is 30.7 Å². The summed E-state index contributed by atoms with van der Waals surface area (Å²) in [6, 6.07) is 2.08. The molecule has 0 amide bonds. The lowest BCUT2D eigenvalue weighted by molar-refractivity contribution is 0.481. The van der Waals surface area contributed by atoms with Crippen LogP contribution in [0.1, 0.15) is 68.6 Å². The Kier molecular flexibility index (Phi) is 4.86. The van der Waals surface area contributed by atoms with Crippen molar-refractivity contribution < 1.29 is 0 Å². The third-order valence-electron chi connectivity index (χ3n) is 5.17. The van der Waals surface area contributed by atoms with Crippen molar-refractivity contribution in [1.29, 1.82) is 0 Å². The van der Waals surface area contributed by atoms with Gasteiger partial charge in [0, 0.05) is 30.6 Å². The summed E-state index contributed by atoms with van der Waals surface area (Å²) < 4.78 is 1.94. The second-order valence-electron chi connectivity index (χ2n) is 7.90. The molecule has 140 valence electrons. The van der Waals surface area contributed by atoms with Crippen LogP contribution >= 0.6 is 23.2 Å². The van der Waals surface area contributed by atoms with E-state index >= 15 is 0 Å². The summed E-state index contributed by atoms with van der Waals surface area (Å²) in [6.07, 6.45) is 4.48. The van der Waals surface area contributed by atoms with E-state index in [0.29, 0.717) is 17.0 Å². The number of hydrogen-bond donors (Lipinski definition) is 0. The Morgan fingerprint density at radius 2 is 1.96 bits per heavy atom. The maximum atomic E-state index is 6.74. The summed E-state index contributed by atoms with van der Waals surface area (Å²) in [5.74, 6) is 2.78. The van der Waals surface area contributed by atoms with Gasteiger partial charge in [0.15, 0.2) is 0 Å². The monoisotopic (exact) mass is 393 g/mol. The van der Waals surface area contributed by atoms with E-state index in [-0.39, 0.29) is 6.04 Å². The molecule has 1 aliphatic carbocycles. The summed E-state index contributed by atoms with van der Waals surface area (Å²) in [4.78, 5) is 11.6. The largest absolute Gasteiger partial charge is 0.349 e. The lowest BCUT2D eigenvalue weighted by Crippen LogP contribution is -2.24. The fourth-order valence-electron chi connectivity index (χ4n) is 3.85. The van der Waals surface area contributed by atoms with Gasteiger partial charge >= 0.3 is 0 Å². The van der Waals surface area contributed by atoms with Crippen LogP contribution in [0.15, 0.2) is 6.07 Å². The minimum atomic E-state index is 0.196. The normalized spacial score (nSPS) is 20.4. The molecule has 1 saturated heterocycles. The second-order valence-corrected chi connectivity index (χ2v) is 8.64. The van der Waals surface area contributed by atoms with E-state index in [1.807, 2.05) is 10.7 Å². The third kappa shape index (κ3) is 3.44. The first-order valence-corrected chi connectivity index (χ1v) is 10.2. The number of nitrogens with zero attached hydrogens (tertiary/aromatic N) is 5. The number of aromatic nitrogens is 4. The first kappa shape index (κ1) is 18.1. The molecule has 0 N–H and O–H groups in total. The summed E-state index contributed by atoms with van der Waals surface area (Å²) >= 11 is 13.0. The highest BCUT2D eigenvalue weighted by atomic mass is 35.5. The molecule has 4 rings (SSSR count). The quantitative estimate of drug-likeness (QED) is 0.657. The average Bonchev–Trinajstić information content (AvgIpc) is 3.25. The number of rotatable bonds is 5. The lowest BCUT2D eigenvalue weighted by atomic mass is 10.1. The van der Waals surface area contributed by atoms with Crippen molar-refractivity contribution in [3.8, 4) is 0 Å². The van der Waals surface area contributed by atoms with Crippen molar-refractivity contribution in [3.05, 3.63) is 33.5 Å². The van der Waals surface area contributed by atoms with Crippen LogP contribution in [0.2, 0.25) is 10.3 Å². The van der Waals surface area contributed by atoms with Crippen molar-refractivity contribution in [3.63, 3.8) is 0 Å². The van der Waals surface area contributed by atoms with E-state index in [0.717, 1.165) is 66.8 Å². The highest BCUT2D eigenvalue weighted by Gasteiger charge is 2.34. The van der Waals surface area contributed by atoms with Gasteiger partial charge in [-0.1, -0.05) is 37.0 Å². The van der Waals surface area contributed by atoms with Crippen molar-refractivity contribution in [2.45, 2.75) is 65.0 Å². The van der Waals surface area contributed by atoms with Gasteiger partial charge in [0.2, 0.25) is 0 Å². The van der Waals surface area contributed by atoms with Gasteiger partial charge in [-0.15, -0.1) is 0 Å². The first-order valence-electron chi connectivity index (χ1n) is 9.48. The fraction of sp³-hybridized carbons (Fsp3) is 0.632. The molecule has 1 aliphatic heterocycles. The van der Waals surface area contributed by atoms with Crippen molar-refractivity contribution in [2.75, 3.05) is 11.4 Å². The zero-order valence-electron chi connectivity index (χ0n) is 15.5. The highest BCUT2D eigenvalue weighted by Crippen LogP contribution is 2.43. The fourth-order valence-corrected chi connectivity index (χ4v) is 4.40. The Morgan fingerprint density at radius 1 is 1.19 bits per heavy atom. The van der Waals surface area contributed by atoms with Crippen LogP contribution in [-0.2, 0) is 6.54 Å². The molecule has 2 fully saturated rings. The predicted molar refractivity (Wildman–Crippen MR) is 105 cm³/mol. The standard InChI is InChI=1S/C19H25Cl2N5/c1-11(2)10-26-18(21)17(12(3)24-26)14-5-4-8-25(14)16-9-15(20)22-19(23-16)13-6-7-13/h9,11,13-14H,4-8,10H2,1-3H3. The molecule has 1 unspecified atom stereocenters. The molecule has 2 aliphatic rings. The molecule has 1 atom stereocenters. The van der Waals surface area contributed by atoms with E-state index in [1.54, 1.807) is 0 Å². The van der Waals surface area contributed by atoms with Crippen molar-refractivity contribution >= 4 is 29.0 Å². The summed E-state index contributed by atoms with van der Waals surface area (Å²) in [7, 11) is 0. The molecule has 0 radical (unpaired) electrons. The molecule has 26 heavy (non-hydrogen) atoms. The van der Waals surface area contributed by atoms with Gasteiger partial charge in [-0.25, -0.2) is 9.97 Å². The molecule has 0 spiro atoms. The SMILES string of the molecule is Cc1nn(CC(C)C)c(Cl)c1C1CCCN1c1cc(Cl)nc(C2CC2)n1. The number of anilines is 1. The Labute approximate surface area is 164 Å². The topological polar surface area (TPSA) is 46.8 Å². The molecular weight excluding hydrogens is 369 g/mol. The predicted octanol–water partition coefficient (Wildman–Crippen LogP) is 5.16. The smallest absolute Gasteiger partial charge is 0.135 e. The summed E-state index contributed by atoms with van der Waals surface area (Å²) in [5.41, 5.74) is 2.14. The molecule has 5 nitrogen and oxygen atoms in total. The van der Waals surface area contributed by atoms with E-state index in [9.17, 15) is 0 Å². The Hall–Kier alpha value is -1.33. The molecule has 1 saturated carbocycles. The van der Waals surface area contributed by atoms with Crippen LogP contribution in [-0.4, -0.2) is 26.3 Å². The number of halogens is 2. The van der Waals surface area contributed by atoms with Crippen LogP contribution in [0.3, 0.4) is 0 Å². The Morgan fingerprint density at radius 3 is 2.65 bits per heavy atom. The van der Waals surface area contributed by atoms with Crippen LogP contribution in [0.4, 0.5) is 5.82 Å². The molecule has 7 heteroatoms. The molecular formula is C19H25Cl2N5. The number of aryl methyl sites for hydroxylation is 1. The Bertz CT molecular complexity index is 813. The molecule has 0 aromatic carbocycles. The zero-order valence-corrected chi connectivity index (χ0v) is 17.1. The van der Waals surface area contributed by atoms with E-state index < -0.39 is 0 Å². The highest BCUT2D eigenvalue weighted by molar-refractivity contribution is 6.30. The first-order chi connectivity index (χ1) is 12.4. The minimum Gasteiger partial charge on any atom is -0.349 e. The van der Waals surface area contributed by atoms with Gasteiger partial charge in [0.05, 0.1) is 11.7 Å². The maximum Gasteiger partial charge on any atom is 0.135 e. The lowest BCUT2D eigenvalue weighted by Gasteiger charge is -2.26. The number of hydrogen-bond acceptors (Lipinski definition) is 4. The van der Waals surface area contributed by atoms with Gasteiger partial charge in [-0.2, -0.15) is 5.10 Å². The Balaban J connectivity index is 1.68. The second kappa shape index (κ2) is 7.01. The van der Waals surface area contributed by atoms with Gasteiger partial charge in [0.25, 0.3) is 0 Å². The van der Waals surface area contributed by atoms with Crippen LogP contribution in [0, 0.1) is 12.8 Å². The summed E-state index contributed by atoms with van der Waals surface area (Å²) in [5, 5.41) is 5.98.